The Morgan fingerprint density at radius 3 is 2.39 bits per heavy atom. The third kappa shape index (κ3) is 3.71. The van der Waals surface area contributed by atoms with Crippen LogP contribution in [0, 0.1) is 0 Å². The smallest absolute Gasteiger partial charge is 0.255 e. The van der Waals surface area contributed by atoms with Crippen molar-refractivity contribution in [2.24, 2.45) is 0 Å². The fourth-order valence-corrected chi connectivity index (χ4v) is 3.25. The monoisotopic (exact) mass is 369 g/mol. The van der Waals surface area contributed by atoms with E-state index >= 15 is 0 Å². The van der Waals surface area contributed by atoms with E-state index in [0.29, 0.717) is 33.9 Å². The number of hydrogen-bond donors (Lipinski definition) is 0. The molecule has 1 saturated heterocycles. The summed E-state index contributed by atoms with van der Waals surface area (Å²) in [7, 11) is 0. The molecule has 3 rings (SSSR count). The first-order valence-electron chi connectivity index (χ1n) is 7.15. The van der Waals surface area contributed by atoms with Gasteiger partial charge in [-0.2, -0.15) is 0 Å². The highest BCUT2D eigenvalue weighted by atomic mass is 35.5. The molecule has 1 aliphatic rings. The number of carbonyl (C=O) groups excluding carboxylic acids is 1. The van der Waals surface area contributed by atoms with E-state index in [2.05, 4.69) is 9.88 Å². The van der Waals surface area contributed by atoms with Crippen LogP contribution in [0.15, 0.2) is 36.5 Å². The van der Waals surface area contributed by atoms with E-state index in [9.17, 15) is 4.79 Å². The topological polar surface area (TPSA) is 36.4 Å². The number of halogens is 3. The van der Waals surface area contributed by atoms with Crippen LogP contribution in [0.4, 0.5) is 5.69 Å². The van der Waals surface area contributed by atoms with Crippen molar-refractivity contribution in [2.75, 3.05) is 31.1 Å². The summed E-state index contributed by atoms with van der Waals surface area (Å²) in [6.45, 7) is 2.71. The molecule has 0 atom stereocenters. The predicted molar refractivity (Wildman–Crippen MR) is 93.8 cm³/mol. The van der Waals surface area contributed by atoms with Crippen LogP contribution in [-0.2, 0) is 0 Å². The highest BCUT2D eigenvalue weighted by Gasteiger charge is 2.24. The van der Waals surface area contributed by atoms with E-state index in [1.165, 1.54) is 0 Å². The number of hydrogen-bond acceptors (Lipinski definition) is 3. The van der Waals surface area contributed by atoms with Crippen LogP contribution in [0.3, 0.4) is 0 Å². The molecule has 0 saturated carbocycles. The number of nitrogens with zero attached hydrogens (tertiary/aromatic N) is 3. The van der Waals surface area contributed by atoms with Crippen molar-refractivity contribution in [3.8, 4) is 0 Å². The Labute approximate surface area is 149 Å². The van der Waals surface area contributed by atoms with Crippen LogP contribution in [0.1, 0.15) is 10.4 Å². The van der Waals surface area contributed by atoms with E-state index in [0.717, 1.165) is 18.8 Å². The maximum Gasteiger partial charge on any atom is 0.255 e. The molecule has 0 unspecified atom stereocenters. The first-order chi connectivity index (χ1) is 11.0. The molecule has 7 heteroatoms. The van der Waals surface area contributed by atoms with Gasteiger partial charge in [-0.1, -0.05) is 34.8 Å². The molecular formula is C16H14Cl3N3O. The van der Waals surface area contributed by atoms with Crippen LogP contribution < -0.4 is 4.90 Å². The van der Waals surface area contributed by atoms with Gasteiger partial charge in [0, 0.05) is 43.1 Å². The Morgan fingerprint density at radius 1 is 1.00 bits per heavy atom. The van der Waals surface area contributed by atoms with Crippen molar-refractivity contribution in [1.82, 2.24) is 9.88 Å². The second-order valence-electron chi connectivity index (χ2n) is 5.24. The zero-order chi connectivity index (χ0) is 16.4. The van der Waals surface area contributed by atoms with E-state index in [1.54, 1.807) is 29.3 Å². The van der Waals surface area contributed by atoms with E-state index in [4.69, 9.17) is 34.8 Å². The van der Waals surface area contributed by atoms with E-state index in [-0.39, 0.29) is 5.91 Å². The summed E-state index contributed by atoms with van der Waals surface area (Å²) in [6, 6.07) is 8.68. The molecule has 0 radical (unpaired) electrons. The molecule has 1 aromatic carbocycles. The zero-order valence-electron chi connectivity index (χ0n) is 12.2. The van der Waals surface area contributed by atoms with Gasteiger partial charge in [-0.3, -0.25) is 4.79 Å². The highest BCUT2D eigenvalue weighted by Crippen LogP contribution is 2.24. The molecule has 120 valence electrons. The molecule has 4 nitrogen and oxygen atoms in total. The lowest BCUT2D eigenvalue weighted by Crippen LogP contribution is -2.48. The van der Waals surface area contributed by atoms with Gasteiger partial charge >= 0.3 is 0 Å². The molecule has 23 heavy (non-hydrogen) atoms. The molecule has 0 N–H and O–H groups in total. The van der Waals surface area contributed by atoms with Gasteiger partial charge in [0.2, 0.25) is 0 Å². The summed E-state index contributed by atoms with van der Waals surface area (Å²) in [5.41, 5.74) is 1.50. The summed E-state index contributed by atoms with van der Waals surface area (Å²) < 4.78 is 0. The van der Waals surface area contributed by atoms with Gasteiger partial charge in [-0.15, -0.1) is 0 Å². The maximum absolute atomic E-state index is 12.6. The third-order valence-electron chi connectivity index (χ3n) is 3.80. The van der Waals surface area contributed by atoms with Gasteiger partial charge in [0.05, 0.1) is 10.6 Å². The molecule has 0 bridgehead atoms. The fourth-order valence-electron chi connectivity index (χ4n) is 2.59. The van der Waals surface area contributed by atoms with Gasteiger partial charge in [0.25, 0.3) is 5.91 Å². The van der Waals surface area contributed by atoms with Crippen molar-refractivity contribution in [1.29, 1.82) is 0 Å². The largest absolute Gasteiger partial charge is 0.368 e. The number of piperazine rings is 1. The van der Waals surface area contributed by atoms with E-state index in [1.807, 2.05) is 12.1 Å². The SMILES string of the molecule is O=C(c1ccc(Cl)cc1Cl)N1CCN(c2ccnc(Cl)c2)CC1. The molecule has 1 fully saturated rings. The molecular weight excluding hydrogens is 357 g/mol. The Morgan fingerprint density at radius 2 is 1.74 bits per heavy atom. The molecule has 1 amide bonds. The van der Waals surface area contributed by atoms with Crippen LogP contribution in [-0.4, -0.2) is 42.0 Å². The number of benzene rings is 1. The number of carbonyl (C=O) groups is 1. The third-order valence-corrected chi connectivity index (χ3v) is 4.56. The van der Waals surface area contributed by atoms with Crippen molar-refractivity contribution < 1.29 is 4.79 Å². The van der Waals surface area contributed by atoms with Gasteiger partial charge in [-0.25, -0.2) is 4.98 Å². The predicted octanol–water partition coefficient (Wildman–Crippen LogP) is 4.00. The first kappa shape index (κ1) is 16.4. The number of anilines is 1. The van der Waals surface area contributed by atoms with Gasteiger partial charge in [0.15, 0.2) is 0 Å². The summed E-state index contributed by atoms with van der Waals surface area (Å²) >= 11 is 17.9. The molecule has 2 aromatic rings. The number of amides is 1. The average molecular weight is 371 g/mol. The lowest BCUT2D eigenvalue weighted by atomic mass is 10.1. The highest BCUT2D eigenvalue weighted by molar-refractivity contribution is 6.36. The second kappa shape index (κ2) is 6.95. The Bertz CT molecular complexity index is 730. The Hall–Kier alpha value is -1.49. The summed E-state index contributed by atoms with van der Waals surface area (Å²) in [4.78, 5) is 20.5. The number of pyridine rings is 1. The fraction of sp³-hybridized carbons (Fsp3) is 0.250. The van der Waals surface area contributed by atoms with Crippen molar-refractivity contribution >= 4 is 46.4 Å². The summed E-state index contributed by atoms with van der Waals surface area (Å²) in [6.07, 6.45) is 1.68. The molecule has 2 heterocycles. The van der Waals surface area contributed by atoms with Crippen molar-refractivity contribution in [2.45, 2.75) is 0 Å². The van der Waals surface area contributed by atoms with Crippen LogP contribution >= 0.6 is 34.8 Å². The second-order valence-corrected chi connectivity index (χ2v) is 6.47. The zero-order valence-corrected chi connectivity index (χ0v) is 14.4. The Kier molecular flexibility index (Phi) is 4.95. The summed E-state index contributed by atoms with van der Waals surface area (Å²) in [5, 5.41) is 1.37. The molecule has 1 aromatic heterocycles. The number of rotatable bonds is 2. The van der Waals surface area contributed by atoms with Gasteiger partial charge < -0.3 is 9.80 Å². The van der Waals surface area contributed by atoms with Crippen LogP contribution in [0.5, 0.6) is 0 Å². The van der Waals surface area contributed by atoms with Crippen molar-refractivity contribution in [3.05, 3.63) is 57.3 Å². The number of aromatic nitrogens is 1. The lowest BCUT2D eigenvalue weighted by Gasteiger charge is -2.36. The standard InChI is InChI=1S/C16H14Cl3N3O/c17-11-1-2-13(14(18)9-11)16(23)22-7-5-21(6-8-22)12-3-4-20-15(19)10-12/h1-4,9-10H,5-8H2. The normalized spacial score (nSPS) is 14.9. The van der Waals surface area contributed by atoms with Crippen LogP contribution in [0.25, 0.3) is 0 Å². The summed E-state index contributed by atoms with van der Waals surface area (Å²) in [5.74, 6) is -0.0703. The van der Waals surface area contributed by atoms with Gasteiger partial charge in [-0.05, 0) is 30.3 Å². The van der Waals surface area contributed by atoms with E-state index < -0.39 is 0 Å². The van der Waals surface area contributed by atoms with Gasteiger partial charge in [0.1, 0.15) is 5.15 Å². The maximum atomic E-state index is 12.6. The molecule has 0 aliphatic carbocycles. The minimum atomic E-state index is -0.0703. The van der Waals surface area contributed by atoms with Crippen LogP contribution in [0.2, 0.25) is 15.2 Å². The Balaban J connectivity index is 1.68. The lowest BCUT2D eigenvalue weighted by molar-refractivity contribution is 0.0747. The molecule has 0 spiro atoms. The minimum absolute atomic E-state index is 0.0703. The van der Waals surface area contributed by atoms with Crippen molar-refractivity contribution in [3.63, 3.8) is 0 Å². The average Bonchev–Trinajstić information content (AvgIpc) is 2.54. The minimum Gasteiger partial charge on any atom is -0.368 e. The first-order valence-corrected chi connectivity index (χ1v) is 8.29. The molecule has 1 aliphatic heterocycles. The quantitative estimate of drug-likeness (QED) is 0.750.